The summed E-state index contributed by atoms with van der Waals surface area (Å²) in [5, 5.41) is 5.33. The third kappa shape index (κ3) is 1.35. The fraction of sp³-hybridized carbons (Fsp3) is 0.100. The highest BCUT2D eigenvalue weighted by Crippen LogP contribution is 2.27. The van der Waals surface area contributed by atoms with Gasteiger partial charge in [-0.15, -0.1) is 11.3 Å². The normalized spacial score (nSPS) is 19.9. The monoisotopic (exact) mass is 233 g/mol. The van der Waals surface area contributed by atoms with E-state index in [0.717, 1.165) is 10.2 Å². The van der Waals surface area contributed by atoms with Gasteiger partial charge in [0.15, 0.2) is 6.04 Å². The van der Waals surface area contributed by atoms with Crippen LogP contribution in [-0.4, -0.2) is 16.9 Å². The zero-order chi connectivity index (χ0) is 11.1. The number of nitrogens with one attached hydrogen (secondary N) is 2. The lowest BCUT2D eigenvalue weighted by Crippen LogP contribution is -2.22. The topological polar surface area (TPSA) is 71.1 Å². The van der Waals surface area contributed by atoms with Crippen LogP contribution in [0, 0.1) is 0 Å². The molecular formula is C10H7N3O2S. The van der Waals surface area contributed by atoms with Gasteiger partial charge in [0.05, 0.1) is 10.2 Å². The van der Waals surface area contributed by atoms with Crippen molar-refractivity contribution in [2.24, 2.45) is 0 Å². The molecule has 2 aromatic rings. The maximum Gasteiger partial charge on any atom is 0.322 e. The molecule has 0 spiro atoms. The highest BCUT2D eigenvalue weighted by molar-refractivity contribution is 7.18. The molecule has 2 N–H and O–H groups in total. The lowest BCUT2D eigenvalue weighted by atomic mass is 10.3. The predicted molar refractivity (Wildman–Crippen MR) is 59.0 cm³/mol. The number of carbonyl (C=O) groups excluding carboxylic acids is 2. The molecule has 1 atom stereocenters. The number of urea groups is 1. The molecule has 6 heteroatoms. The Labute approximate surface area is 94.5 Å². The number of imide groups is 1. The molecule has 3 rings (SSSR count). The number of para-hydroxylation sites is 1. The molecule has 3 amide bonds. The number of fused-ring (bicyclic) bond motifs is 1. The van der Waals surface area contributed by atoms with E-state index < -0.39 is 12.1 Å². The van der Waals surface area contributed by atoms with Gasteiger partial charge >= 0.3 is 6.03 Å². The molecule has 1 fully saturated rings. The molecule has 1 aliphatic heterocycles. The SMILES string of the molecule is O=C1NC(=O)C(c2nc3ccccc3s2)N1. The van der Waals surface area contributed by atoms with Crippen molar-refractivity contribution in [3.63, 3.8) is 0 Å². The smallest absolute Gasteiger partial charge is 0.320 e. The molecule has 0 radical (unpaired) electrons. The van der Waals surface area contributed by atoms with Crippen molar-refractivity contribution >= 4 is 33.5 Å². The van der Waals surface area contributed by atoms with E-state index in [9.17, 15) is 9.59 Å². The van der Waals surface area contributed by atoms with E-state index in [1.807, 2.05) is 24.3 Å². The summed E-state index contributed by atoms with van der Waals surface area (Å²) in [5.41, 5.74) is 0.844. The number of hydrogen-bond donors (Lipinski definition) is 2. The molecule has 5 nitrogen and oxygen atoms in total. The molecule has 0 saturated carbocycles. The number of carbonyl (C=O) groups is 2. The summed E-state index contributed by atoms with van der Waals surface area (Å²) in [6.45, 7) is 0. The van der Waals surface area contributed by atoms with Crippen molar-refractivity contribution < 1.29 is 9.59 Å². The second-order valence-electron chi connectivity index (χ2n) is 3.42. The molecule has 2 heterocycles. The van der Waals surface area contributed by atoms with Crippen LogP contribution in [0.25, 0.3) is 10.2 Å². The average Bonchev–Trinajstić information content (AvgIpc) is 2.81. The summed E-state index contributed by atoms with van der Waals surface area (Å²) < 4.78 is 1.01. The Balaban J connectivity index is 2.06. The van der Waals surface area contributed by atoms with Gasteiger partial charge in [-0.25, -0.2) is 9.78 Å². The quantitative estimate of drug-likeness (QED) is 0.726. The lowest BCUT2D eigenvalue weighted by molar-refractivity contribution is -0.120. The fourth-order valence-electron chi connectivity index (χ4n) is 1.60. The van der Waals surface area contributed by atoms with Gasteiger partial charge < -0.3 is 5.32 Å². The summed E-state index contributed by atoms with van der Waals surface area (Å²) in [6, 6.07) is 6.51. The van der Waals surface area contributed by atoms with E-state index in [1.165, 1.54) is 11.3 Å². The van der Waals surface area contributed by atoms with Gasteiger partial charge in [-0.3, -0.25) is 10.1 Å². The summed E-state index contributed by atoms with van der Waals surface area (Å²) in [6.07, 6.45) is 0. The third-order valence-corrected chi connectivity index (χ3v) is 3.43. The highest BCUT2D eigenvalue weighted by atomic mass is 32.1. The second kappa shape index (κ2) is 3.28. The summed E-state index contributed by atoms with van der Waals surface area (Å²) in [7, 11) is 0. The van der Waals surface area contributed by atoms with E-state index in [-0.39, 0.29) is 5.91 Å². The van der Waals surface area contributed by atoms with Crippen molar-refractivity contribution in [1.29, 1.82) is 0 Å². The Morgan fingerprint density at radius 3 is 2.75 bits per heavy atom. The number of rotatable bonds is 1. The van der Waals surface area contributed by atoms with Gasteiger partial charge in [-0.2, -0.15) is 0 Å². The molecule has 1 aliphatic rings. The second-order valence-corrected chi connectivity index (χ2v) is 4.48. The van der Waals surface area contributed by atoms with Crippen LogP contribution in [0.1, 0.15) is 11.0 Å². The van der Waals surface area contributed by atoms with Crippen LogP contribution in [0.2, 0.25) is 0 Å². The van der Waals surface area contributed by atoms with Crippen molar-refractivity contribution in [2.75, 3.05) is 0 Å². The fourth-order valence-corrected chi connectivity index (χ4v) is 2.62. The minimum absolute atomic E-state index is 0.343. The predicted octanol–water partition coefficient (Wildman–Crippen LogP) is 1.18. The first-order valence-corrected chi connectivity index (χ1v) is 5.52. The molecule has 80 valence electrons. The molecule has 0 bridgehead atoms. The Morgan fingerprint density at radius 2 is 2.06 bits per heavy atom. The Morgan fingerprint density at radius 1 is 1.25 bits per heavy atom. The summed E-state index contributed by atoms with van der Waals surface area (Å²) in [5.74, 6) is -0.343. The molecule has 16 heavy (non-hydrogen) atoms. The number of hydrogen-bond acceptors (Lipinski definition) is 4. The molecule has 0 aliphatic carbocycles. The lowest BCUT2D eigenvalue weighted by Gasteiger charge is -2.00. The van der Waals surface area contributed by atoms with Crippen LogP contribution in [0.3, 0.4) is 0 Å². The van der Waals surface area contributed by atoms with Crippen LogP contribution in [0.5, 0.6) is 0 Å². The zero-order valence-electron chi connectivity index (χ0n) is 8.06. The van der Waals surface area contributed by atoms with Crippen LogP contribution < -0.4 is 10.6 Å². The van der Waals surface area contributed by atoms with E-state index in [0.29, 0.717) is 5.01 Å². The number of nitrogens with zero attached hydrogens (tertiary/aromatic N) is 1. The molecule has 1 aromatic carbocycles. The number of benzene rings is 1. The highest BCUT2D eigenvalue weighted by Gasteiger charge is 2.33. The van der Waals surface area contributed by atoms with Crippen LogP contribution >= 0.6 is 11.3 Å². The van der Waals surface area contributed by atoms with Gasteiger partial charge in [-0.05, 0) is 12.1 Å². The molecule has 1 saturated heterocycles. The van der Waals surface area contributed by atoms with Crippen molar-refractivity contribution in [3.8, 4) is 0 Å². The van der Waals surface area contributed by atoms with Gasteiger partial charge in [0, 0.05) is 0 Å². The van der Waals surface area contributed by atoms with E-state index in [4.69, 9.17) is 0 Å². The minimum atomic E-state index is -0.648. The van der Waals surface area contributed by atoms with Crippen LogP contribution in [0.4, 0.5) is 4.79 Å². The summed E-state index contributed by atoms with van der Waals surface area (Å²) in [4.78, 5) is 26.7. The molecule has 1 aromatic heterocycles. The Hall–Kier alpha value is -1.95. The van der Waals surface area contributed by atoms with E-state index in [2.05, 4.69) is 15.6 Å². The Bertz CT molecular complexity index is 560. The maximum absolute atomic E-state index is 11.4. The molecular weight excluding hydrogens is 226 g/mol. The van der Waals surface area contributed by atoms with Crippen molar-refractivity contribution in [2.45, 2.75) is 6.04 Å². The van der Waals surface area contributed by atoms with Crippen molar-refractivity contribution in [1.82, 2.24) is 15.6 Å². The van der Waals surface area contributed by atoms with Crippen LogP contribution in [0.15, 0.2) is 24.3 Å². The molecule has 1 unspecified atom stereocenters. The van der Waals surface area contributed by atoms with Gasteiger partial charge in [0.25, 0.3) is 5.91 Å². The van der Waals surface area contributed by atoms with Crippen molar-refractivity contribution in [3.05, 3.63) is 29.3 Å². The number of amides is 3. The first-order chi connectivity index (χ1) is 7.74. The largest absolute Gasteiger partial charge is 0.322 e. The van der Waals surface area contributed by atoms with Gasteiger partial charge in [-0.1, -0.05) is 12.1 Å². The summed E-state index contributed by atoms with van der Waals surface area (Å²) >= 11 is 1.41. The number of thiazole rings is 1. The third-order valence-electron chi connectivity index (χ3n) is 2.33. The van der Waals surface area contributed by atoms with E-state index >= 15 is 0 Å². The standard InChI is InChI=1S/C10H7N3O2S/c14-8-7(12-10(15)13-8)9-11-5-3-1-2-4-6(5)16-9/h1-4,7H,(H2,12,13,14,15). The zero-order valence-corrected chi connectivity index (χ0v) is 8.88. The number of aromatic nitrogens is 1. The minimum Gasteiger partial charge on any atom is -0.320 e. The first-order valence-electron chi connectivity index (χ1n) is 4.71. The average molecular weight is 233 g/mol. The van der Waals surface area contributed by atoms with Crippen LogP contribution in [-0.2, 0) is 4.79 Å². The van der Waals surface area contributed by atoms with Gasteiger partial charge in [0.2, 0.25) is 0 Å². The first kappa shape index (κ1) is 9.29. The maximum atomic E-state index is 11.4. The Kier molecular flexibility index (Phi) is 1.90. The van der Waals surface area contributed by atoms with E-state index in [1.54, 1.807) is 0 Å². The van der Waals surface area contributed by atoms with Gasteiger partial charge in [0.1, 0.15) is 5.01 Å².